The fourth-order valence-corrected chi connectivity index (χ4v) is 0.549. The fourth-order valence-electron chi connectivity index (χ4n) is 0.549. The largest absolute Gasteiger partial charge is 0.263 e. The van der Waals surface area contributed by atoms with Gasteiger partial charge in [0.15, 0.2) is 0 Å². The molecule has 0 radical (unpaired) electrons. The van der Waals surface area contributed by atoms with Gasteiger partial charge in [-0.25, -0.2) is 0 Å². The summed E-state index contributed by atoms with van der Waals surface area (Å²) in [4.78, 5) is 3.62. The Kier molecular flexibility index (Phi) is 2.93. The number of aromatic nitrogens is 4. The van der Waals surface area contributed by atoms with Crippen LogP contribution in [-0.2, 0) is 0 Å². The molecule has 0 unspecified atom stereocenters. The van der Waals surface area contributed by atoms with Gasteiger partial charge in [-0.15, -0.1) is 9.89 Å². The first-order valence-corrected chi connectivity index (χ1v) is 3.62. The van der Waals surface area contributed by atoms with Gasteiger partial charge < -0.3 is 0 Å². The summed E-state index contributed by atoms with van der Waals surface area (Å²) in [5, 5.41) is 17.4. The van der Waals surface area contributed by atoms with E-state index in [1.807, 2.05) is 13.8 Å². The molecule has 8 nitrogen and oxygen atoms in total. The first-order valence-electron chi connectivity index (χ1n) is 3.62. The van der Waals surface area contributed by atoms with Gasteiger partial charge in [0.25, 0.3) is 5.95 Å². The van der Waals surface area contributed by atoms with E-state index < -0.39 is 0 Å². The molecule has 0 saturated carbocycles. The van der Waals surface area contributed by atoms with E-state index in [9.17, 15) is 0 Å². The van der Waals surface area contributed by atoms with E-state index in [0.717, 1.165) is 4.79 Å². The van der Waals surface area contributed by atoms with Crippen LogP contribution in [0.2, 0.25) is 0 Å². The smallest absolute Gasteiger partial charge is 0.160 e. The Bertz CT molecular complexity index is 343. The van der Waals surface area contributed by atoms with E-state index >= 15 is 0 Å². The number of rotatable bonds is 3. The Morgan fingerprint density at radius 1 is 1.62 bits per heavy atom. The lowest BCUT2D eigenvalue weighted by molar-refractivity contribution is 0.687. The summed E-state index contributed by atoms with van der Waals surface area (Å²) in [5.74, 6) is 0.308. The van der Waals surface area contributed by atoms with E-state index in [1.54, 1.807) is 6.21 Å². The Morgan fingerprint density at radius 2 is 2.38 bits per heavy atom. The van der Waals surface area contributed by atoms with Crippen molar-refractivity contribution in [2.24, 2.45) is 16.1 Å². The molecule has 8 heteroatoms. The highest BCUT2D eigenvalue weighted by Gasteiger charge is 1.99. The SMILES string of the molecule is CC(C)/C=N/n1nnnc1N=[N+]=[N-]. The molecule has 13 heavy (non-hydrogen) atoms. The quantitative estimate of drug-likeness (QED) is 0.301. The maximum atomic E-state index is 8.14. The van der Waals surface area contributed by atoms with E-state index in [4.69, 9.17) is 5.53 Å². The van der Waals surface area contributed by atoms with Crippen molar-refractivity contribution in [3.63, 3.8) is 0 Å². The summed E-state index contributed by atoms with van der Waals surface area (Å²) in [7, 11) is 0. The molecular weight excluding hydrogens is 172 g/mol. The molecule has 0 bridgehead atoms. The van der Waals surface area contributed by atoms with E-state index in [1.165, 1.54) is 0 Å². The van der Waals surface area contributed by atoms with Crippen LogP contribution in [0.4, 0.5) is 5.95 Å². The molecule has 0 amide bonds. The van der Waals surface area contributed by atoms with Crippen molar-refractivity contribution < 1.29 is 0 Å². The molecule has 0 aliphatic heterocycles. The maximum Gasteiger partial charge on any atom is 0.263 e. The van der Waals surface area contributed by atoms with E-state index in [0.29, 0.717) is 0 Å². The Balaban J connectivity index is 2.88. The second kappa shape index (κ2) is 4.17. The van der Waals surface area contributed by atoms with Crippen molar-refractivity contribution in [3.8, 4) is 0 Å². The number of nitrogens with zero attached hydrogens (tertiary/aromatic N) is 8. The van der Waals surface area contributed by atoms with Crippen molar-refractivity contribution >= 4 is 12.2 Å². The van der Waals surface area contributed by atoms with Gasteiger partial charge in [-0.05, 0) is 27.0 Å². The van der Waals surface area contributed by atoms with Gasteiger partial charge in [0.05, 0.1) is 0 Å². The second-order valence-corrected chi connectivity index (χ2v) is 2.57. The Labute approximate surface area is 73.9 Å². The fraction of sp³-hybridized carbons (Fsp3) is 0.600. The molecule has 0 saturated heterocycles. The lowest BCUT2D eigenvalue weighted by Crippen LogP contribution is -1.95. The summed E-state index contributed by atoms with van der Waals surface area (Å²) in [6, 6.07) is 0. The molecular formula is C5H8N8. The van der Waals surface area contributed by atoms with Crippen molar-refractivity contribution in [1.82, 2.24) is 20.3 Å². The van der Waals surface area contributed by atoms with Crippen LogP contribution < -0.4 is 0 Å². The minimum absolute atomic E-state index is 0.0272. The van der Waals surface area contributed by atoms with Crippen LogP contribution in [0.25, 0.3) is 10.4 Å². The number of azide groups is 1. The summed E-state index contributed by atoms with van der Waals surface area (Å²) < 4.78 is 0. The van der Waals surface area contributed by atoms with Gasteiger partial charge in [-0.2, -0.15) is 5.10 Å². The van der Waals surface area contributed by atoms with Crippen LogP contribution in [-0.4, -0.2) is 26.5 Å². The zero-order valence-corrected chi connectivity index (χ0v) is 7.23. The van der Waals surface area contributed by atoms with Gasteiger partial charge in [0.1, 0.15) is 0 Å². The predicted octanol–water partition coefficient (Wildman–Crippen LogP) is 1.10. The first kappa shape index (κ1) is 9.14. The van der Waals surface area contributed by atoms with Crippen LogP contribution in [0, 0.1) is 5.92 Å². The standard InChI is InChI=1S/C5H8N8/c1-4(2)3-7-13-5(8-10-6)9-11-12-13/h3-4H,1-2H3/b7-3+. The molecule has 1 aromatic heterocycles. The zero-order valence-electron chi connectivity index (χ0n) is 7.23. The average molecular weight is 180 g/mol. The van der Waals surface area contributed by atoms with Crippen LogP contribution in [0.3, 0.4) is 0 Å². The van der Waals surface area contributed by atoms with Crippen molar-refractivity contribution in [3.05, 3.63) is 10.4 Å². The number of tetrazole rings is 1. The summed E-state index contributed by atoms with van der Waals surface area (Å²) in [6.07, 6.45) is 1.65. The Morgan fingerprint density at radius 3 is 3.00 bits per heavy atom. The number of hydrogen-bond donors (Lipinski definition) is 0. The molecule has 0 aliphatic rings. The second-order valence-electron chi connectivity index (χ2n) is 2.57. The molecule has 1 aromatic rings. The maximum absolute atomic E-state index is 8.14. The van der Waals surface area contributed by atoms with Gasteiger partial charge >= 0.3 is 0 Å². The van der Waals surface area contributed by atoms with Gasteiger partial charge in [-0.3, -0.25) is 0 Å². The van der Waals surface area contributed by atoms with Gasteiger partial charge in [0.2, 0.25) is 0 Å². The lowest BCUT2D eigenvalue weighted by Gasteiger charge is -1.92. The summed E-state index contributed by atoms with van der Waals surface area (Å²) in [5.41, 5.74) is 8.14. The van der Waals surface area contributed by atoms with E-state index in [-0.39, 0.29) is 11.9 Å². The zero-order chi connectivity index (χ0) is 9.68. The molecule has 68 valence electrons. The average Bonchev–Trinajstić information content (AvgIpc) is 2.49. The predicted molar refractivity (Wildman–Crippen MR) is 45.4 cm³/mol. The van der Waals surface area contributed by atoms with Crippen LogP contribution in [0.5, 0.6) is 0 Å². The molecule has 0 aliphatic carbocycles. The van der Waals surface area contributed by atoms with E-state index in [2.05, 4.69) is 30.7 Å². The van der Waals surface area contributed by atoms with Crippen molar-refractivity contribution in [2.75, 3.05) is 0 Å². The lowest BCUT2D eigenvalue weighted by atomic mass is 10.3. The molecule has 0 spiro atoms. The number of hydrogen-bond acceptors (Lipinski definition) is 5. The highest BCUT2D eigenvalue weighted by atomic mass is 15.7. The molecule has 1 heterocycles. The minimum Gasteiger partial charge on any atom is -0.160 e. The topological polar surface area (TPSA) is 105 Å². The minimum atomic E-state index is 0.0272. The first-order chi connectivity index (χ1) is 6.24. The van der Waals surface area contributed by atoms with Crippen LogP contribution >= 0.6 is 0 Å². The summed E-state index contributed by atoms with van der Waals surface area (Å²) >= 11 is 0. The summed E-state index contributed by atoms with van der Waals surface area (Å²) in [6.45, 7) is 3.92. The van der Waals surface area contributed by atoms with Crippen LogP contribution in [0.1, 0.15) is 13.8 Å². The molecule has 0 atom stereocenters. The Hall–Kier alpha value is -1.95. The molecule has 0 aromatic carbocycles. The van der Waals surface area contributed by atoms with Crippen molar-refractivity contribution in [2.45, 2.75) is 13.8 Å². The molecule has 0 fully saturated rings. The molecule has 1 rings (SSSR count). The molecule has 0 N–H and O–H groups in total. The highest BCUT2D eigenvalue weighted by molar-refractivity contribution is 5.59. The third-order valence-corrected chi connectivity index (χ3v) is 1.05. The highest BCUT2D eigenvalue weighted by Crippen LogP contribution is 2.03. The van der Waals surface area contributed by atoms with Gasteiger partial charge in [0, 0.05) is 11.1 Å². The van der Waals surface area contributed by atoms with Gasteiger partial charge in [-0.1, -0.05) is 13.8 Å². The monoisotopic (exact) mass is 180 g/mol. The third-order valence-electron chi connectivity index (χ3n) is 1.05. The normalized spacial score (nSPS) is 10.7. The third kappa shape index (κ3) is 2.53. The van der Waals surface area contributed by atoms with Crippen LogP contribution in [0.15, 0.2) is 10.2 Å². The van der Waals surface area contributed by atoms with Crippen molar-refractivity contribution in [1.29, 1.82) is 0 Å².